The summed E-state index contributed by atoms with van der Waals surface area (Å²) in [5, 5.41) is 0. The van der Waals surface area contributed by atoms with Crippen molar-refractivity contribution in [3.8, 4) is 17.4 Å². The summed E-state index contributed by atoms with van der Waals surface area (Å²) < 4.78 is 11.5. The molecule has 0 aliphatic rings. The summed E-state index contributed by atoms with van der Waals surface area (Å²) in [6.45, 7) is 2.39. The maximum atomic E-state index is 5.75. The van der Waals surface area contributed by atoms with Crippen LogP contribution in [0, 0.1) is 6.92 Å². The highest BCUT2D eigenvalue weighted by molar-refractivity contribution is 5.44. The Bertz CT molecular complexity index is 771. The highest BCUT2D eigenvalue weighted by atomic mass is 16.5. The van der Waals surface area contributed by atoms with E-state index in [-0.39, 0.29) is 0 Å². The van der Waals surface area contributed by atoms with E-state index in [2.05, 4.69) is 4.98 Å². The third kappa shape index (κ3) is 4.01. The Labute approximate surface area is 135 Å². The Morgan fingerprint density at radius 1 is 0.870 bits per heavy atom. The highest BCUT2D eigenvalue weighted by Crippen LogP contribution is 2.24. The molecule has 0 fully saturated rings. The number of hydrogen-bond acceptors (Lipinski definition) is 4. The van der Waals surface area contributed by atoms with Crippen LogP contribution in [0.3, 0.4) is 0 Å². The molecule has 0 bridgehead atoms. The van der Waals surface area contributed by atoms with E-state index in [1.165, 1.54) is 0 Å². The van der Waals surface area contributed by atoms with E-state index in [9.17, 15) is 0 Å². The number of aryl methyl sites for hydroxylation is 1. The lowest BCUT2D eigenvalue weighted by atomic mass is 10.2. The second-order valence-electron chi connectivity index (χ2n) is 5.17. The molecule has 0 spiro atoms. The van der Waals surface area contributed by atoms with Crippen molar-refractivity contribution in [3.05, 3.63) is 78.0 Å². The molecule has 4 heteroatoms. The number of ether oxygens (including phenoxy) is 2. The fraction of sp³-hybridized carbons (Fsp3) is 0.105. The SMILES string of the molecule is Cc1nc(Oc2ccc(OCc3ccccc3)cc2)ccc1N. The van der Waals surface area contributed by atoms with E-state index in [1.54, 1.807) is 12.1 Å². The van der Waals surface area contributed by atoms with Crippen molar-refractivity contribution in [1.29, 1.82) is 0 Å². The molecule has 0 aliphatic heterocycles. The zero-order chi connectivity index (χ0) is 16.1. The summed E-state index contributed by atoms with van der Waals surface area (Å²) >= 11 is 0. The molecular formula is C19H18N2O2. The van der Waals surface area contributed by atoms with E-state index in [0.29, 0.717) is 23.9 Å². The third-order valence-corrected chi connectivity index (χ3v) is 3.40. The fourth-order valence-electron chi connectivity index (χ4n) is 2.07. The molecule has 2 N–H and O–H groups in total. The molecule has 0 saturated carbocycles. The number of aromatic nitrogens is 1. The quantitative estimate of drug-likeness (QED) is 0.761. The molecule has 0 atom stereocenters. The minimum Gasteiger partial charge on any atom is -0.489 e. The number of pyridine rings is 1. The lowest BCUT2D eigenvalue weighted by molar-refractivity contribution is 0.305. The molecule has 1 heterocycles. The number of rotatable bonds is 5. The van der Waals surface area contributed by atoms with Crippen LogP contribution in [0.2, 0.25) is 0 Å². The summed E-state index contributed by atoms with van der Waals surface area (Å²) in [6.07, 6.45) is 0. The molecule has 2 aromatic carbocycles. The predicted molar refractivity (Wildman–Crippen MR) is 90.7 cm³/mol. The van der Waals surface area contributed by atoms with Gasteiger partial charge in [-0.2, -0.15) is 0 Å². The Morgan fingerprint density at radius 2 is 1.57 bits per heavy atom. The van der Waals surface area contributed by atoms with Gasteiger partial charge in [0.1, 0.15) is 18.1 Å². The van der Waals surface area contributed by atoms with E-state index in [1.807, 2.05) is 61.5 Å². The molecule has 1 aromatic heterocycles. The summed E-state index contributed by atoms with van der Waals surface area (Å²) in [5.74, 6) is 2.02. The first kappa shape index (κ1) is 14.9. The van der Waals surface area contributed by atoms with Crippen LogP contribution in [-0.4, -0.2) is 4.98 Å². The van der Waals surface area contributed by atoms with Crippen molar-refractivity contribution >= 4 is 5.69 Å². The topological polar surface area (TPSA) is 57.4 Å². The van der Waals surface area contributed by atoms with Crippen molar-refractivity contribution < 1.29 is 9.47 Å². The van der Waals surface area contributed by atoms with Crippen LogP contribution in [0.1, 0.15) is 11.3 Å². The molecule has 23 heavy (non-hydrogen) atoms. The Morgan fingerprint density at radius 3 is 2.26 bits per heavy atom. The van der Waals surface area contributed by atoms with Gasteiger partial charge in [0.2, 0.25) is 5.88 Å². The van der Waals surface area contributed by atoms with E-state index in [4.69, 9.17) is 15.2 Å². The Kier molecular flexibility index (Phi) is 4.43. The van der Waals surface area contributed by atoms with Gasteiger partial charge in [-0.1, -0.05) is 30.3 Å². The number of benzene rings is 2. The second-order valence-corrected chi connectivity index (χ2v) is 5.17. The van der Waals surface area contributed by atoms with Crippen LogP contribution in [0.4, 0.5) is 5.69 Å². The van der Waals surface area contributed by atoms with Crippen molar-refractivity contribution in [3.63, 3.8) is 0 Å². The van der Waals surface area contributed by atoms with Crippen molar-refractivity contribution in [2.45, 2.75) is 13.5 Å². The zero-order valence-corrected chi connectivity index (χ0v) is 12.9. The van der Waals surface area contributed by atoms with Crippen LogP contribution < -0.4 is 15.2 Å². The number of nitrogens with zero attached hydrogens (tertiary/aromatic N) is 1. The number of nitrogen functional groups attached to an aromatic ring is 1. The summed E-state index contributed by atoms with van der Waals surface area (Å²) in [4.78, 5) is 4.29. The first-order chi connectivity index (χ1) is 11.2. The normalized spacial score (nSPS) is 10.3. The average Bonchev–Trinajstić information content (AvgIpc) is 2.58. The standard InChI is InChI=1S/C19H18N2O2/c1-14-18(20)11-12-19(21-14)23-17-9-7-16(8-10-17)22-13-15-5-3-2-4-6-15/h2-12H,13,20H2,1H3. The lowest BCUT2D eigenvalue weighted by Crippen LogP contribution is -1.96. The van der Waals surface area contributed by atoms with Crippen LogP contribution in [0.15, 0.2) is 66.7 Å². The Hall–Kier alpha value is -3.01. The maximum absolute atomic E-state index is 5.75. The minimum absolute atomic E-state index is 0.523. The largest absolute Gasteiger partial charge is 0.489 e. The number of hydrogen-bond donors (Lipinski definition) is 1. The van der Waals surface area contributed by atoms with Crippen molar-refractivity contribution in [1.82, 2.24) is 4.98 Å². The highest BCUT2D eigenvalue weighted by Gasteiger charge is 2.02. The number of nitrogens with two attached hydrogens (primary N) is 1. The van der Waals surface area contributed by atoms with E-state index >= 15 is 0 Å². The average molecular weight is 306 g/mol. The molecule has 0 unspecified atom stereocenters. The minimum atomic E-state index is 0.523. The van der Waals surface area contributed by atoms with Gasteiger partial charge in [-0.15, -0.1) is 0 Å². The smallest absolute Gasteiger partial charge is 0.219 e. The van der Waals surface area contributed by atoms with Gasteiger partial charge in [0.05, 0.1) is 11.4 Å². The van der Waals surface area contributed by atoms with E-state index < -0.39 is 0 Å². The molecule has 0 amide bonds. The monoisotopic (exact) mass is 306 g/mol. The second kappa shape index (κ2) is 6.83. The van der Waals surface area contributed by atoms with Gasteiger partial charge in [0, 0.05) is 6.07 Å². The molecule has 116 valence electrons. The van der Waals surface area contributed by atoms with Crippen LogP contribution >= 0.6 is 0 Å². The zero-order valence-electron chi connectivity index (χ0n) is 12.9. The summed E-state index contributed by atoms with van der Waals surface area (Å²) in [5.41, 5.74) is 8.29. The van der Waals surface area contributed by atoms with Gasteiger partial charge in [-0.05, 0) is 42.8 Å². The van der Waals surface area contributed by atoms with Gasteiger partial charge < -0.3 is 15.2 Å². The molecule has 0 saturated heterocycles. The third-order valence-electron chi connectivity index (χ3n) is 3.40. The van der Waals surface area contributed by atoms with Crippen LogP contribution in [0.25, 0.3) is 0 Å². The van der Waals surface area contributed by atoms with Gasteiger partial charge in [0.15, 0.2) is 0 Å². The van der Waals surface area contributed by atoms with Gasteiger partial charge in [0.25, 0.3) is 0 Å². The predicted octanol–water partition coefficient (Wildman–Crippen LogP) is 4.34. The molecule has 4 nitrogen and oxygen atoms in total. The van der Waals surface area contributed by atoms with Gasteiger partial charge in [-0.25, -0.2) is 4.98 Å². The summed E-state index contributed by atoms with van der Waals surface area (Å²) in [7, 11) is 0. The lowest BCUT2D eigenvalue weighted by Gasteiger charge is -2.09. The van der Waals surface area contributed by atoms with Crippen molar-refractivity contribution in [2.75, 3.05) is 5.73 Å². The van der Waals surface area contributed by atoms with Crippen LogP contribution in [0.5, 0.6) is 17.4 Å². The molecule has 3 rings (SSSR count). The van der Waals surface area contributed by atoms with Gasteiger partial charge >= 0.3 is 0 Å². The first-order valence-corrected chi connectivity index (χ1v) is 7.38. The molecular weight excluding hydrogens is 288 g/mol. The maximum Gasteiger partial charge on any atom is 0.219 e. The molecule has 3 aromatic rings. The van der Waals surface area contributed by atoms with Crippen molar-refractivity contribution in [2.24, 2.45) is 0 Å². The summed E-state index contributed by atoms with van der Waals surface area (Å²) in [6, 6.07) is 21.1. The fourth-order valence-corrected chi connectivity index (χ4v) is 2.07. The molecule has 0 radical (unpaired) electrons. The molecule has 0 aliphatic carbocycles. The van der Waals surface area contributed by atoms with Gasteiger partial charge in [-0.3, -0.25) is 0 Å². The first-order valence-electron chi connectivity index (χ1n) is 7.38. The number of anilines is 1. The van der Waals surface area contributed by atoms with Crippen LogP contribution in [-0.2, 0) is 6.61 Å². The van der Waals surface area contributed by atoms with E-state index in [0.717, 1.165) is 17.0 Å². The Balaban J connectivity index is 1.61.